The van der Waals surface area contributed by atoms with Crippen molar-refractivity contribution in [1.82, 2.24) is 4.98 Å². The standard InChI is InChI=1S/C18H16ClN3O4S2/c1-11(23)20-15-9-14(7-8-17(15)26-2)28(24,25)22-18-21-16(10-27-18)12-3-5-13(19)6-4-12/h3-10H,1-2H3,(H,20,23)(H,21,22). The molecule has 1 heterocycles. The maximum Gasteiger partial charge on any atom is 0.263 e. The fourth-order valence-corrected chi connectivity index (χ4v) is 4.51. The average Bonchev–Trinajstić information content (AvgIpc) is 3.09. The third-order valence-electron chi connectivity index (χ3n) is 3.66. The molecule has 7 nitrogen and oxygen atoms in total. The van der Waals surface area contributed by atoms with Crippen LogP contribution in [0.4, 0.5) is 10.8 Å². The lowest BCUT2D eigenvalue weighted by atomic mass is 10.2. The van der Waals surface area contributed by atoms with E-state index in [1.165, 1.54) is 32.2 Å². The van der Waals surface area contributed by atoms with E-state index in [9.17, 15) is 13.2 Å². The molecule has 3 aromatic rings. The van der Waals surface area contributed by atoms with Gasteiger partial charge in [0.05, 0.1) is 23.4 Å². The largest absolute Gasteiger partial charge is 0.495 e. The molecule has 146 valence electrons. The van der Waals surface area contributed by atoms with Gasteiger partial charge in [0.25, 0.3) is 10.0 Å². The summed E-state index contributed by atoms with van der Waals surface area (Å²) in [7, 11) is -2.47. The van der Waals surface area contributed by atoms with Crippen LogP contribution < -0.4 is 14.8 Å². The van der Waals surface area contributed by atoms with E-state index < -0.39 is 10.0 Å². The second kappa shape index (κ2) is 8.17. The molecular formula is C18H16ClN3O4S2. The van der Waals surface area contributed by atoms with Gasteiger partial charge in [0.1, 0.15) is 5.75 Å². The number of rotatable bonds is 6. The van der Waals surface area contributed by atoms with Gasteiger partial charge in [0.15, 0.2) is 5.13 Å². The van der Waals surface area contributed by atoms with E-state index in [-0.39, 0.29) is 21.6 Å². The van der Waals surface area contributed by atoms with Crippen molar-refractivity contribution in [3.05, 3.63) is 52.9 Å². The van der Waals surface area contributed by atoms with Crippen molar-refractivity contribution >= 4 is 49.7 Å². The number of methoxy groups -OCH3 is 1. The highest BCUT2D eigenvalue weighted by atomic mass is 35.5. The molecule has 0 saturated carbocycles. The van der Waals surface area contributed by atoms with Gasteiger partial charge in [0, 0.05) is 22.9 Å². The summed E-state index contributed by atoms with van der Waals surface area (Å²) in [6.45, 7) is 1.33. The van der Waals surface area contributed by atoms with Crippen molar-refractivity contribution in [3.63, 3.8) is 0 Å². The van der Waals surface area contributed by atoms with E-state index in [4.69, 9.17) is 16.3 Å². The van der Waals surface area contributed by atoms with E-state index in [0.29, 0.717) is 16.5 Å². The Labute approximate surface area is 171 Å². The molecule has 0 saturated heterocycles. The molecular weight excluding hydrogens is 422 g/mol. The zero-order valence-corrected chi connectivity index (χ0v) is 17.3. The molecule has 0 unspecified atom stereocenters. The number of hydrogen-bond acceptors (Lipinski definition) is 6. The number of carbonyl (C=O) groups is 1. The lowest BCUT2D eigenvalue weighted by Crippen LogP contribution is -2.14. The third kappa shape index (κ3) is 4.61. The molecule has 0 bridgehead atoms. The van der Waals surface area contributed by atoms with Crippen molar-refractivity contribution < 1.29 is 17.9 Å². The number of nitrogens with one attached hydrogen (secondary N) is 2. The fraction of sp³-hybridized carbons (Fsp3) is 0.111. The number of amides is 1. The first-order valence-electron chi connectivity index (χ1n) is 7.98. The monoisotopic (exact) mass is 437 g/mol. The summed E-state index contributed by atoms with van der Waals surface area (Å²) in [6.07, 6.45) is 0. The minimum Gasteiger partial charge on any atom is -0.495 e. The molecule has 3 rings (SSSR count). The van der Waals surface area contributed by atoms with Crippen LogP contribution in [-0.4, -0.2) is 26.4 Å². The second-order valence-electron chi connectivity index (χ2n) is 5.69. The predicted octanol–water partition coefficient (Wildman–Crippen LogP) is 4.23. The molecule has 0 radical (unpaired) electrons. The highest BCUT2D eigenvalue weighted by molar-refractivity contribution is 7.93. The van der Waals surface area contributed by atoms with E-state index >= 15 is 0 Å². The molecule has 2 N–H and O–H groups in total. The summed E-state index contributed by atoms with van der Waals surface area (Å²) >= 11 is 7.04. The maximum absolute atomic E-state index is 12.7. The van der Waals surface area contributed by atoms with Gasteiger partial charge in [-0.1, -0.05) is 23.7 Å². The predicted molar refractivity (Wildman–Crippen MR) is 111 cm³/mol. The van der Waals surface area contributed by atoms with Crippen LogP contribution in [0.5, 0.6) is 5.75 Å². The second-order valence-corrected chi connectivity index (χ2v) is 8.67. The molecule has 1 aromatic heterocycles. The maximum atomic E-state index is 12.7. The highest BCUT2D eigenvalue weighted by Gasteiger charge is 2.19. The first-order valence-corrected chi connectivity index (χ1v) is 10.7. The average molecular weight is 438 g/mol. The molecule has 0 aliphatic rings. The minimum atomic E-state index is -3.90. The summed E-state index contributed by atoms with van der Waals surface area (Å²) in [4.78, 5) is 15.6. The zero-order chi connectivity index (χ0) is 20.3. The number of hydrogen-bond donors (Lipinski definition) is 2. The molecule has 0 atom stereocenters. The molecule has 0 spiro atoms. The Hall–Kier alpha value is -2.62. The summed E-state index contributed by atoms with van der Waals surface area (Å²) in [5.74, 6) is 0.0155. The Kier molecular flexibility index (Phi) is 5.87. The third-order valence-corrected chi connectivity index (χ3v) is 6.13. The van der Waals surface area contributed by atoms with Gasteiger partial charge in [-0.05, 0) is 30.3 Å². The van der Waals surface area contributed by atoms with Gasteiger partial charge >= 0.3 is 0 Å². The van der Waals surface area contributed by atoms with Crippen LogP contribution in [-0.2, 0) is 14.8 Å². The smallest absolute Gasteiger partial charge is 0.263 e. The number of aromatic nitrogens is 1. The van der Waals surface area contributed by atoms with Crippen LogP contribution in [0.25, 0.3) is 11.3 Å². The Morgan fingerprint density at radius 2 is 1.89 bits per heavy atom. The van der Waals surface area contributed by atoms with Crippen LogP contribution in [0.15, 0.2) is 52.7 Å². The van der Waals surface area contributed by atoms with Crippen molar-refractivity contribution in [3.8, 4) is 17.0 Å². The van der Waals surface area contributed by atoms with E-state index in [2.05, 4.69) is 15.0 Å². The van der Waals surface area contributed by atoms with E-state index in [0.717, 1.165) is 16.9 Å². The minimum absolute atomic E-state index is 0.0275. The number of halogens is 1. The first kappa shape index (κ1) is 20.1. The lowest BCUT2D eigenvalue weighted by molar-refractivity contribution is -0.114. The van der Waals surface area contributed by atoms with Crippen molar-refractivity contribution in [1.29, 1.82) is 0 Å². The van der Waals surface area contributed by atoms with Crippen LogP contribution in [0, 0.1) is 0 Å². The quantitative estimate of drug-likeness (QED) is 0.601. The Morgan fingerprint density at radius 1 is 1.18 bits per heavy atom. The number of carbonyl (C=O) groups excluding carboxylic acids is 1. The van der Waals surface area contributed by atoms with Crippen molar-refractivity contribution in [2.45, 2.75) is 11.8 Å². The SMILES string of the molecule is COc1ccc(S(=O)(=O)Nc2nc(-c3ccc(Cl)cc3)cs2)cc1NC(C)=O. The molecule has 1 amide bonds. The highest BCUT2D eigenvalue weighted by Crippen LogP contribution is 2.30. The lowest BCUT2D eigenvalue weighted by Gasteiger charge is -2.11. The van der Waals surface area contributed by atoms with Crippen LogP contribution in [0.2, 0.25) is 5.02 Å². The summed E-state index contributed by atoms with van der Waals surface area (Å²) in [6, 6.07) is 11.3. The van der Waals surface area contributed by atoms with Gasteiger partial charge in [-0.15, -0.1) is 11.3 Å². The number of thiazole rings is 1. The number of sulfonamides is 1. The first-order chi connectivity index (χ1) is 13.3. The molecule has 28 heavy (non-hydrogen) atoms. The molecule has 0 aliphatic heterocycles. The number of ether oxygens (including phenoxy) is 1. The summed E-state index contributed by atoms with van der Waals surface area (Å²) < 4.78 is 33.0. The van der Waals surface area contributed by atoms with Crippen molar-refractivity contribution in [2.75, 3.05) is 17.1 Å². The number of benzene rings is 2. The van der Waals surface area contributed by atoms with Gasteiger partial charge < -0.3 is 10.1 Å². The molecule has 0 fully saturated rings. The normalized spacial score (nSPS) is 11.1. The summed E-state index contributed by atoms with van der Waals surface area (Å²) in [5.41, 5.74) is 1.72. The van der Waals surface area contributed by atoms with Gasteiger partial charge in [-0.2, -0.15) is 0 Å². The Morgan fingerprint density at radius 3 is 2.54 bits per heavy atom. The van der Waals surface area contributed by atoms with Gasteiger partial charge in [0.2, 0.25) is 5.91 Å². The topological polar surface area (TPSA) is 97.4 Å². The zero-order valence-electron chi connectivity index (χ0n) is 14.9. The van der Waals surface area contributed by atoms with Crippen LogP contribution in [0.3, 0.4) is 0 Å². The Balaban J connectivity index is 1.86. The molecule has 2 aromatic carbocycles. The summed E-state index contributed by atoms with van der Waals surface area (Å²) in [5, 5.41) is 5.13. The van der Waals surface area contributed by atoms with E-state index in [1.807, 2.05) is 0 Å². The fourth-order valence-electron chi connectivity index (χ4n) is 2.39. The van der Waals surface area contributed by atoms with Crippen LogP contribution in [0.1, 0.15) is 6.92 Å². The molecule has 0 aliphatic carbocycles. The number of anilines is 2. The Bertz CT molecular complexity index is 1110. The van der Waals surface area contributed by atoms with Gasteiger partial charge in [-0.25, -0.2) is 13.4 Å². The van der Waals surface area contributed by atoms with Crippen LogP contribution >= 0.6 is 22.9 Å². The number of nitrogens with zero attached hydrogens (tertiary/aromatic N) is 1. The van der Waals surface area contributed by atoms with Gasteiger partial charge in [-0.3, -0.25) is 9.52 Å². The van der Waals surface area contributed by atoms with E-state index in [1.54, 1.807) is 29.6 Å². The van der Waals surface area contributed by atoms with Crippen molar-refractivity contribution in [2.24, 2.45) is 0 Å². The molecule has 10 heteroatoms.